The van der Waals surface area contributed by atoms with Crippen LogP contribution in [0.1, 0.15) is 26.2 Å². The van der Waals surface area contributed by atoms with E-state index in [4.69, 9.17) is 10.6 Å². The summed E-state index contributed by atoms with van der Waals surface area (Å²) in [5, 5.41) is 0. The van der Waals surface area contributed by atoms with Crippen molar-refractivity contribution in [2.24, 2.45) is 11.7 Å². The van der Waals surface area contributed by atoms with Crippen molar-refractivity contribution in [2.75, 3.05) is 6.61 Å². The third kappa shape index (κ3) is 3.19. The van der Waals surface area contributed by atoms with Crippen molar-refractivity contribution >= 4 is 5.91 Å². The summed E-state index contributed by atoms with van der Waals surface area (Å²) >= 11 is 0. The normalized spacial score (nSPS) is 19.1. The number of amides is 1. The number of carbonyl (C=O) groups is 1. The number of carbonyl (C=O) groups excluding carboxylic acids is 1. The molecule has 0 aromatic rings. The molecule has 1 atom stereocenters. The highest BCUT2D eigenvalue weighted by Crippen LogP contribution is 2.33. The first kappa shape index (κ1) is 9.48. The molecule has 1 fully saturated rings. The first-order valence-corrected chi connectivity index (χ1v) is 4.39. The van der Waals surface area contributed by atoms with Crippen LogP contribution in [0.3, 0.4) is 0 Å². The van der Waals surface area contributed by atoms with Gasteiger partial charge in [0.15, 0.2) is 0 Å². The molecule has 0 aromatic carbocycles. The third-order valence-corrected chi connectivity index (χ3v) is 2.08. The minimum absolute atomic E-state index is 0.0385. The monoisotopic (exact) mass is 172 g/mol. The molecule has 1 saturated carbocycles. The van der Waals surface area contributed by atoms with E-state index in [1.54, 1.807) is 0 Å². The van der Waals surface area contributed by atoms with Crippen molar-refractivity contribution < 1.29 is 9.63 Å². The van der Waals surface area contributed by atoms with Gasteiger partial charge < -0.3 is 5.73 Å². The van der Waals surface area contributed by atoms with Crippen LogP contribution >= 0.6 is 0 Å². The van der Waals surface area contributed by atoms with Crippen molar-refractivity contribution in [1.82, 2.24) is 5.48 Å². The summed E-state index contributed by atoms with van der Waals surface area (Å²) in [6, 6.07) is 0.393. The van der Waals surface area contributed by atoms with Crippen LogP contribution in [0.2, 0.25) is 0 Å². The van der Waals surface area contributed by atoms with Crippen molar-refractivity contribution in [3.63, 3.8) is 0 Å². The standard InChI is InChI=1S/C8H16N2O2/c1-2-7(6-3-4-6)10-12-5-8(9)11/h6-7,10H,2-5H2,1H3,(H2,9,11). The van der Waals surface area contributed by atoms with Crippen molar-refractivity contribution in [3.8, 4) is 0 Å². The lowest BCUT2D eigenvalue weighted by Gasteiger charge is -2.14. The quantitative estimate of drug-likeness (QED) is 0.562. The Morgan fingerprint density at radius 3 is 2.83 bits per heavy atom. The lowest BCUT2D eigenvalue weighted by Crippen LogP contribution is -2.33. The molecule has 1 rings (SSSR count). The molecule has 70 valence electrons. The lowest BCUT2D eigenvalue weighted by molar-refractivity contribution is -0.126. The Labute approximate surface area is 72.4 Å². The van der Waals surface area contributed by atoms with Gasteiger partial charge in [0, 0.05) is 6.04 Å². The van der Waals surface area contributed by atoms with E-state index in [0.717, 1.165) is 12.3 Å². The summed E-state index contributed by atoms with van der Waals surface area (Å²) in [5.74, 6) is 0.302. The van der Waals surface area contributed by atoms with E-state index in [2.05, 4.69) is 12.4 Å². The molecule has 3 N–H and O–H groups in total. The van der Waals surface area contributed by atoms with Crippen LogP contribution in [-0.4, -0.2) is 18.6 Å². The van der Waals surface area contributed by atoms with E-state index >= 15 is 0 Å². The molecule has 4 nitrogen and oxygen atoms in total. The molecule has 1 aliphatic carbocycles. The lowest BCUT2D eigenvalue weighted by atomic mass is 10.1. The second kappa shape index (κ2) is 4.42. The van der Waals surface area contributed by atoms with Gasteiger partial charge in [0.1, 0.15) is 6.61 Å². The molecule has 1 aliphatic rings. The van der Waals surface area contributed by atoms with Gasteiger partial charge in [0.25, 0.3) is 0 Å². The zero-order chi connectivity index (χ0) is 8.97. The summed E-state index contributed by atoms with van der Waals surface area (Å²) in [6.07, 6.45) is 3.57. The van der Waals surface area contributed by atoms with Gasteiger partial charge in [0.05, 0.1) is 0 Å². The smallest absolute Gasteiger partial charge is 0.245 e. The number of hydrogen-bond donors (Lipinski definition) is 2. The maximum atomic E-state index is 10.3. The van der Waals surface area contributed by atoms with Crippen molar-refractivity contribution in [3.05, 3.63) is 0 Å². The molecule has 0 bridgehead atoms. The number of nitrogens with two attached hydrogens (primary N) is 1. The van der Waals surface area contributed by atoms with E-state index in [9.17, 15) is 4.79 Å². The first-order valence-electron chi connectivity index (χ1n) is 4.39. The largest absolute Gasteiger partial charge is 0.368 e. The van der Waals surface area contributed by atoms with Gasteiger partial charge >= 0.3 is 0 Å². The summed E-state index contributed by atoms with van der Waals surface area (Å²) in [5.41, 5.74) is 7.77. The Hall–Kier alpha value is -0.610. The average molecular weight is 172 g/mol. The Bertz CT molecular complexity index is 157. The summed E-state index contributed by atoms with van der Waals surface area (Å²) in [6.45, 7) is 2.06. The maximum absolute atomic E-state index is 10.3. The molecular formula is C8H16N2O2. The Morgan fingerprint density at radius 1 is 1.75 bits per heavy atom. The van der Waals surface area contributed by atoms with Gasteiger partial charge in [-0.2, -0.15) is 5.48 Å². The van der Waals surface area contributed by atoms with Crippen LogP contribution < -0.4 is 11.2 Å². The number of hydrogen-bond acceptors (Lipinski definition) is 3. The predicted molar refractivity (Wildman–Crippen MR) is 45.1 cm³/mol. The van der Waals surface area contributed by atoms with Gasteiger partial charge in [-0.3, -0.25) is 9.63 Å². The van der Waals surface area contributed by atoms with Gasteiger partial charge in [-0.1, -0.05) is 6.92 Å². The topological polar surface area (TPSA) is 64.3 Å². The minimum Gasteiger partial charge on any atom is -0.368 e. The number of rotatable bonds is 6. The third-order valence-electron chi connectivity index (χ3n) is 2.08. The van der Waals surface area contributed by atoms with Gasteiger partial charge in [-0.15, -0.1) is 0 Å². The second-order valence-corrected chi connectivity index (χ2v) is 3.23. The molecule has 0 saturated heterocycles. The van der Waals surface area contributed by atoms with E-state index in [0.29, 0.717) is 6.04 Å². The summed E-state index contributed by atoms with van der Waals surface area (Å²) < 4.78 is 0. The Kier molecular flexibility index (Phi) is 3.49. The van der Waals surface area contributed by atoms with E-state index in [1.165, 1.54) is 12.8 Å². The van der Waals surface area contributed by atoms with E-state index < -0.39 is 5.91 Å². The zero-order valence-electron chi connectivity index (χ0n) is 7.38. The Morgan fingerprint density at radius 2 is 2.42 bits per heavy atom. The average Bonchev–Trinajstić information content (AvgIpc) is 2.80. The molecule has 1 unspecified atom stereocenters. The van der Waals surface area contributed by atoms with Crippen LogP contribution in [0.15, 0.2) is 0 Å². The SMILES string of the molecule is CCC(NOCC(N)=O)C1CC1. The first-order chi connectivity index (χ1) is 5.74. The van der Waals surface area contributed by atoms with Crippen molar-refractivity contribution in [1.29, 1.82) is 0 Å². The van der Waals surface area contributed by atoms with Gasteiger partial charge in [0.2, 0.25) is 5.91 Å². The number of primary amides is 1. The highest BCUT2D eigenvalue weighted by Gasteiger charge is 2.29. The second-order valence-electron chi connectivity index (χ2n) is 3.23. The molecule has 12 heavy (non-hydrogen) atoms. The van der Waals surface area contributed by atoms with Crippen LogP contribution in [0, 0.1) is 5.92 Å². The number of hydroxylamine groups is 1. The fourth-order valence-corrected chi connectivity index (χ4v) is 1.23. The van der Waals surface area contributed by atoms with Crippen LogP contribution in [0.4, 0.5) is 0 Å². The summed E-state index contributed by atoms with van der Waals surface area (Å²) in [4.78, 5) is 15.2. The molecule has 0 aromatic heterocycles. The molecule has 0 heterocycles. The van der Waals surface area contributed by atoms with Gasteiger partial charge in [-0.05, 0) is 25.2 Å². The molecule has 1 amide bonds. The highest BCUT2D eigenvalue weighted by atomic mass is 16.6. The van der Waals surface area contributed by atoms with Crippen LogP contribution in [0.5, 0.6) is 0 Å². The van der Waals surface area contributed by atoms with Crippen molar-refractivity contribution in [2.45, 2.75) is 32.2 Å². The molecule has 0 radical (unpaired) electrons. The molecule has 0 spiro atoms. The molecule has 4 heteroatoms. The number of nitrogens with one attached hydrogen (secondary N) is 1. The molecular weight excluding hydrogens is 156 g/mol. The fraction of sp³-hybridized carbons (Fsp3) is 0.875. The summed E-state index contributed by atoms with van der Waals surface area (Å²) in [7, 11) is 0. The minimum atomic E-state index is -0.437. The predicted octanol–water partition coefficient (Wildman–Crippen LogP) is 0.181. The van der Waals surface area contributed by atoms with Crippen LogP contribution in [0.25, 0.3) is 0 Å². The van der Waals surface area contributed by atoms with Gasteiger partial charge in [-0.25, -0.2) is 0 Å². The fourth-order valence-electron chi connectivity index (χ4n) is 1.23. The van der Waals surface area contributed by atoms with Crippen LogP contribution in [-0.2, 0) is 9.63 Å². The van der Waals surface area contributed by atoms with E-state index in [1.807, 2.05) is 0 Å². The zero-order valence-corrected chi connectivity index (χ0v) is 7.38. The maximum Gasteiger partial charge on any atom is 0.245 e. The molecule has 0 aliphatic heterocycles. The Balaban J connectivity index is 2.06. The van der Waals surface area contributed by atoms with E-state index in [-0.39, 0.29) is 6.61 Å². The highest BCUT2D eigenvalue weighted by molar-refractivity contribution is 5.74.